The van der Waals surface area contributed by atoms with Crippen molar-refractivity contribution in [2.75, 3.05) is 0 Å². The van der Waals surface area contributed by atoms with Crippen molar-refractivity contribution in [1.82, 2.24) is 20.1 Å². The van der Waals surface area contributed by atoms with Gasteiger partial charge in [-0.3, -0.25) is 19.3 Å². The SMILES string of the molecule is CCc1c(-c2ccccc2)c(C(F)(F)F)nn1CC(=O)NC(Cc1cc(F)cc(F)c1)c1ncccc1-c1ccc(F)c(C(N)=O)c1. The first-order chi connectivity index (χ1) is 22.3. The molecule has 2 heterocycles. The van der Waals surface area contributed by atoms with E-state index in [1.165, 1.54) is 30.5 Å². The quantitative estimate of drug-likeness (QED) is 0.162. The Balaban J connectivity index is 1.56. The molecule has 0 saturated heterocycles. The minimum atomic E-state index is -4.82. The summed E-state index contributed by atoms with van der Waals surface area (Å²) < 4.78 is 86.1. The van der Waals surface area contributed by atoms with E-state index in [9.17, 15) is 35.9 Å². The number of alkyl halides is 3. The Kier molecular flexibility index (Phi) is 9.45. The van der Waals surface area contributed by atoms with E-state index in [2.05, 4.69) is 15.4 Å². The summed E-state index contributed by atoms with van der Waals surface area (Å²) in [6.45, 7) is 1.01. The minimum absolute atomic E-state index is 0.115. The van der Waals surface area contributed by atoms with E-state index < -0.39 is 59.3 Å². The smallest absolute Gasteiger partial charge is 0.366 e. The summed E-state index contributed by atoms with van der Waals surface area (Å²) in [4.78, 5) is 29.8. The number of pyridine rings is 1. The van der Waals surface area contributed by atoms with E-state index in [4.69, 9.17) is 5.73 Å². The molecule has 1 atom stereocenters. The first-order valence-electron chi connectivity index (χ1n) is 14.4. The van der Waals surface area contributed by atoms with Crippen molar-refractivity contribution in [1.29, 1.82) is 0 Å². The molecule has 5 rings (SSSR count). The molecule has 3 N–H and O–H groups in total. The van der Waals surface area contributed by atoms with Gasteiger partial charge in [0.1, 0.15) is 24.0 Å². The molecule has 2 aromatic heterocycles. The molecule has 5 aromatic rings. The predicted molar refractivity (Wildman–Crippen MR) is 161 cm³/mol. The van der Waals surface area contributed by atoms with Crippen LogP contribution in [0.5, 0.6) is 0 Å². The molecule has 0 aliphatic rings. The maximum absolute atomic E-state index is 14.3. The van der Waals surface area contributed by atoms with E-state index in [0.717, 1.165) is 22.9 Å². The number of primary amides is 1. The van der Waals surface area contributed by atoms with Gasteiger partial charge in [-0.05, 0) is 59.9 Å². The van der Waals surface area contributed by atoms with Gasteiger partial charge in [-0.15, -0.1) is 0 Å². The minimum Gasteiger partial charge on any atom is -0.366 e. The average Bonchev–Trinajstić information content (AvgIpc) is 3.39. The van der Waals surface area contributed by atoms with E-state index in [0.29, 0.717) is 17.2 Å². The number of nitrogens with two attached hydrogens (primary N) is 1. The van der Waals surface area contributed by atoms with Crippen LogP contribution in [0.2, 0.25) is 0 Å². The Morgan fingerprint density at radius 3 is 2.26 bits per heavy atom. The van der Waals surface area contributed by atoms with Gasteiger partial charge in [-0.1, -0.05) is 49.4 Å². The molecule has 7 nitrogen and oxygen atoms in total. The number of amides is 2. The average molecular weight is 652 g/mol. The summed E-state index contributed by atoms with van der Waals surface area (Å²) in [7, 11) is 0. The standard InChI is InChI=1S/C34H27F6N5O2/c1-2-28-30(20-7-4-3-5-8-20)32(34(38,39)40)44-45(28)18-29(46)43-27(15-19-13-22(35)17-23(36)14-19)31-24(9-6-12-42-31)21-10-11-26(37)25(16-21)33(41)47/h3-14,16-17,27H,2,15,18H2,1H3,(H2,41,47)(H,43,46). The highest BCUT2D eigenvalue weighted by Gasteiger charge is 2.39. The highest BCUT2D eigenvalue weighted by molar-refractivity contribution is 5.94. The Bertz CT molecular complexity index is 1920. The molecular formula is C34H27F6N5O2. The molecular weight excluding hydrogens is 624 g/mol. The Labute approximate surface area is 265 Å². The van der Waals surface area contributed by atoms with Gasteiger partial charge >= 0.3 is 6.18 Å². The van der Waals surface area contributed by atoms with Crippen molar-refractivity contribution in [3.05, 3.63) is 131 Å². The zero-order valence-electron chi connectivity index (χ0n) is 24.8. The van der Waals surface area contributed by atoms with Crippen molar-refractivity contribution in [3.63, 3.8) is 0 Å². The van der Waals surface area contributed by atoms with Crippen LogP contribution < -0.4 is 11.1 Å². The van der Waals surface area contributed by atoms with Gasteiger partial charge in [0.15, 0.2) is 5.69 Å². The lowest BCUT2D eigenvalue weighted by atomic mass is 9.94. The summed E-state index contributed by atoms with van der Waals surface area (Å²) in [6.07, 6.45) is -3.50. The lowest BCUT2D eigenvalue weighted by Gasteiger charge is -2.22. The number of nitrogens with zero attached hydrogens (tertiary/aromatic N) is 3. The fraction of sp³-hybridized carbons (Fsp3) is 0.176. The van der Waals surface area contributed by atoms with Crippen LogP contribution in [-0.4, -0.2) is 26.6 Å². The fourth-order valence-corrected chi connectivity index (χ4v) is 5.47. The molecule has 242 valence electrons. The number of rotatable bonds is 10. The third-order valence-corrected chi connectivity index (χ3v) is 7.43. The number of carbonyl (C=O) groups is 2. The summed E-state index contributed by atoms with van der Waals surface area (Å²) in [6, 6.07) is 16.3. The van der Waals surface area contributed by atoms with Crippen molar-refractivity contribution < 1.29 is 35.9 Å². The van der Waals surface area contributed by atoms with E-state index >= 15 is 0 Å². The maximum Gasteiger partial charge on any atom is 0.435 e. The highest BCUT2D eigenvalue weighted by Crippen LogP contribution is 2.39. The fourth-order valence-electron chi connectivity index (χ4n) is 5.47. The normalized spacial score (nSPS) is 12.1. The molecule has 0 radical (unpaired) electrons. The topological polar surface area (TPSA) is 103 Å². The van der Waals surface area contributed by atoms with Crippen molar-refractivity contribution in [2.24, 2.45) is 5.73 Å². The van der Waals surface area contributed by atoms with Crippen LogP contribution in [0.15, 0.2) is 85.1 Å². The number of nitrogens with one attached hydrogen (secondary N) is 1. The second-order valence-corrected chi connectivity index (χ2v) is 10.6. The molecule has 47 heavy (non-hydrogen) atoms. The predicted octanol–water partition coefficient (Wildman–Crippen LogP) is 6.81. The second kappa shape index (κ2) is 13.5. The van der Waals surface area contributed by atoms with Crippen molar-refractivity contribution in [2.45, 2.75) is 38.5 Å². The van der Waals surface area contributed by atoms with E-state index in [-0.39, 0.29) is 40.9 Å². The Hall–Kier alpha value is -5.46. The Morgan fingerprint density at radius 2 is 1.62 bits per heavy atom. The summed E-state index contributed by atoms with van der Waals surface area (Å²) in [5, 5.41) is 6.52. The van der Waals surface area contributed by atoms with Crippen molar-refractivity contribution in [3.8, 4) is 22.3 Å². The van der Waals surface area contributed by atoms with E-state index in [1.54, 1.807) is 37.3 Å². The highest BCUT2D eigenvalue weighted by atomic mass is 19.4. The number of hydrogen-bond donors (Lipinski definition) is 2. The molecule has 13 heteroatoms. The van der Waals surface area contributed by atoms with Gasteiger partial charge in [0.25, 0.3) is 5.91 Å². The maximum atomic E-state index is 14.3. The van der Waals surface area contributed by atoms with Gasteiger partial charge < -0.3 is 11.1 Å². The van der Waals surface area contributed by atoms with Gasteiger partial charge in [0.05, 0.1) is 17.3 Å². The zero-order chi connectivity index (χ0) is 33.9. The van der Waals surface area contributed by atoms with Crippen LogP contribution in [0.4, 0.5) is 26.3 Å². The summed E-state index contributed by atoms with van der Waals surface area (Å²) >= 11 is 0. The number of aromatic nitrogens is 3. The Morgan fingerprint density at radius 1 is 0.915 bits per heavy atom. The van der Waals surface area contributed by atoms with E-state index in [1.807, 2.05) is 0 Å². The zero-order valence-corrected chi connectivity index (χ0v) is 24.8. The van der Waals surface area contributed by atoms with Crippen LogP contribution in [0.3, 0.4) is 0 Å². The first-order valence-corrected chi connectivity index (χ1v) is 14.4. The summed E-state index contributed by atoms with van der Waals surface area (Å²) in [5.74, 6) is -4.38. The third kappa shape index (κ3) is 7.35. The van der Waals surface area contributed by atoms with Crippen LogP contribution in [0, 0.1) is 17.5 Å². The summed E-state index contributed by atoms with van der Waals surface area (Å²) in [5.41, 5.74) is 5.03. The van der Waals surface area contributed by atoms with Crippen LogP contribution in [0.25, 0.3) is 22.3 Å². The molecule has 0 saturated carbocycles. The van der Waals surface area contributed by atoms with Gasteiger partial charge in [-0.2, -0.15) is 18.3 Å². The molecule has 0 spiro atoms. The molecule has 0 aliphatic carbocycles. The molecule has 0 fully saturated rings. The first kappa shape index (κ1) is 32.9. The van der Waals surface area contributed by atoms with Gasteiger partial charge in [0, 0.05) is 29.1 Å². The van der Waals surface area contributed by atoms with Crippen LogP contribution in [-0.2, 0) is 30.4 Å². The number of benzene rings is 3. The lowest BCUT2D eigenvalue weighted by molar-refractivity contribution is -0.141. The van der Waals surface area contributed by atoms with Crippen LogP contribution in [0.1, 0.15) is 46.0 Å². The number of carbonyl (C=O) groups excluding carboxylic acids is 2. The van der Waals surface area contributed by atoms with Crippen LogP contribution >= 0.6 is 0 Å². The molecule has 2 amide bonds. The van der Waals surface area contributed by atoms with Gasteiger partial charge in [0.2, 0.25) is 5.91 Å². The number of hydrogen-bond acceptors (Lipinski definition) is 4. The lowest BCUT2D eigenvalue weighted by Crippen LogP contribution is -2.34. The molecule has 0 bridgehead atoms. The monoisotopic (exact) mass is 651 g/mol. The number of halogens is 6. The molecule has 3 aromatic carbocycles. The van der Waals surface area contributed by atoms with Crippen molar-refractivity contribution >= 4 is 11.8 Å². The van der Waals surface area contributed by atoms with Gasteiger partial charge in [-0.25, -0.2) is 13.2 Å². The largest absolute Gasteiger partial charge is 0.435 e. The molecule has 1 unspecified atom stereocenters. The molecule has 0 aliphatic heterocycles. The third-order valence-electron chi connectivity index (χ3n) is 7.43. The second-order valence-electron chi connectivity index (χ2n) is 10.6.